The van der Waals surface area contributed by atoms with E-state index in [9.17, 15) is 9.59 Å². The van der Waals surface area contributed by atoms with Crippen LogP contribution in [0.5, 0.6) is 5.75 Å². The molecule has 0 saturated heterocycles. The molecule has 0 fully saturated rings. The van der Waals surface area contributed by atoms with Crippen LogP contribution >= 0.6 is 11.6 Å². The van der Waals surface area contributed by atoms with Gasteiger partial charge in [-0.3, -0.25) is 4.79 Å². The zero-order valence-corrected chi connectivity index (χ0v) is 14.5. The molecule has 6 heteroatoms. The van der Waals surface area contributed by atoms with Crippen LogP contribution in [0.2, 0.25) is 5.02 Å². The SMILES string of the molecule is O=C(COC(=O)COc1ccc2ccccc2c1)Nc1cccc(Cl)c1. The van der Waals surface area contributed by atoms with Gasteiger partial charge in [-0.05, 0) is 41.1 Å². The lowest BCUT2D eigenvalue weighted by molar-refractivity contribution is -0.149. The summed E-state index contributed by atoms with van der Waals surface area (Å²) in [6, 6.07) is 20.1. The number of halogens is 1. The molecule has 0 heterocycles. The molecule has 0 unspecified atom stereocenters. The normalized spacial score (nSPS) is 10.3. The number of anilines is 1. The van der Waals surface area contributed by atoms with Crippen LogP contribution in [0.15, 0.2) is 66.7 Å². The first-order valence-corrected chi connectivity index (χ1v) is 8.30. The Morgan fingerprint density at radius 1 is 0.885 bits per heavy atom. The van der Waals surface area contributed by atoms with Crippen LogP contribution in [0.4, 0.5) is 5.69 Å². The van der Waals surface area contributed by atoms with E-state index >= 15 is 0 Å². The van der Waals surface area contributed by atoms with E-state index in [0.717, 1.165) is 10.8 Å². The molecule has 0 saturated carbocycles. The molecule has 0 atom stereocenters. The zero-order chi connectivity index (χ0) is 18.4. The van der Waals surface area contributed by atoms with Crippen molar-refractivity contribution < 1.29 is 19.1 Å². The number of ether oxygens (including phenoxy) is 2. The Hall–Kier alpha value is -3.05. The molecule has 0 spiro atoms. The maximum atomic E-state index is 11.8. The van der Waals surface area contributed by atoms with Gasteiger partial charge in [-0.15, -0.1) is 0 Å². The van der Waals surface area contributed by atoms with Crippen molar-refractivity contribution in [2.24, 2.45) is 0 Å². The third-order valence-electron chi connectivity index (χ3n) is 3.55. The molecule has 0 aliphatic rings. The molecule has 0 aliphatic carbocycles. The molecular weight excluding hydrogens is 354 g/mol. The van der Waals surface area contributed by atoms with E-state index in [2.05, 4.69) is 5.32 Å². The van der Waals surface area contributed by atoms with E-state index in [1.807, 2.05) is 36.4 Å². The Morgan fingerprint density at radius 2 is 1.69 bits per heavy atom. The van der Waals surface area contributed by atoms with Gasteiger partial charge in [0.2, 0.25) is 0 Å². The highest BCUT2D eigenvalue weighted by atomic mass is 35.5. The predicted molar refractivity (Wildman–Crippen MR) is 100 cm³/mol. The van der Waals surface area contributed by atoms with Gasteiger partial charge in [0.15, 0.2) is 13.2 Å². The van der Waals surface area contributed by atoms with Gasteiger partial charge < -0.3 is 14.8 Å². The Labute approximate surface area is 155 Å². The van der Waals surface area contributed by atoms with Crippen LogP contribution in [0.3, 0.4) is 0 Å². The van der Waals surface area contributed by atoms with E-state index in [4.69, 9.17) is 21.1 Å². The maximum absolute atomic E-state index is 11.8. The number of carbonyl (C=O) groups is 2. The van der Waals surface area contributed by atoms with Crippen molar-refractivity contribution in [2.75, 3.05) is 18.5 Å². The first-order chi connectivity index (χ1) is 12.6. The fourth-order valence-corrected chi connectivity index (χ4v) is 2.54. The van der Waals surface area contributed by atoms with Crippen molar-refractivity contribution in [3.05, 3.63) is 71.8 Å². The minimum atomic E-state index is -0.626. The standard InChI is InChI=1S/C20H16ClNO4/c21-16-6-3-7-17(11-16)22-19(23)12-26-20(24)13-25-18-9-8-14-4-1-2-5-15(14)10-18/h1-11H,12-13H2,(H,22,23). The van der Waals surface area contributed by atoms with Crippen molar-refractivity contribution in [3.63, 3.8) is 0 Å². The monoisotopic (exact) mass is 369 g/mol. The molecule has 0 aliphatic heterocycles. The molecule has 1 amide bonds. The summed E-state index contributed by atoms with van der Waals surface area (Å²) >= 11 is 5.84. The molecule has 5 nitrogen and oxygen atoms in total. The number of hydrogen-bond acceptors (Lipinski definition) is 4. The van der Waals surface area contributed by atoms with Crippen molar-refractivity contribution in [2.45, 2.75) is 0 Å². The lowest BCUT2D eigenvalue weighted by atomic mass is 10.1. The number of rotatable bonds is 6. The van der Waals surface area contributed by atoms with E-state index in [1.165, 1.54) is 0 Å². The van der Waals surface area contributed by atoms with Crippen LogP contribution in [-0.4, -0.2) is 25.1 Å². The zero-order valence-electron chi connectivity index (χ0n) is 13.8. The summed E-state index contributed by atoms with van der Waals surface area (Å²) in [6.07, 6.45) is 0. The third-order valence-corrected chi connectivity index (χ3v) is 3.79. The van der Waals surface area contributed by atoms with E-state index in [-0.39, 0.29) is 6.61 Å². The second kappa shape index (κ2) is 8.36. The summed E-state index contributed by atoms with van der Waals surface area (Å²) < 4.78 is 10.3. The molecule has 3 rings (SSSR count). The second-order valence-electron chi connectivity index (χ2n) is 5.52. The summed E-state index contributed by atoms with van der Waals surface area (Å²) in [4.78, 5) is 23.5. The highest BCUT2D eigenvalue weighted by Gasteiger charge is 2.09. The molecule has 3 aromatic rings. The van der Waals surface area contributed by atoms with E-state index < -0.39 is 18.5 Å². The molecular formula is C20H16ClNO4. The lowest BCUT2D eigenvalue weighted by Gasteiger charge is -2.08. The van der Waals surface area contributed by atoms with Gasteiger partial charge in [0.25, 0.3) is 5.91 Å². The molecule has 132 valence electrons. The van der Waals surface area contributed by atoms with Crippen LogP contribution in [0.25, 0.3) is 10.8 Å². The molecule has 0 bridgehead atoms. The predicted octanol–water partition coefficient (Wildman–Crippen LogP) is 4.05. The number of hydrogen-bond donors (Lipinski definition) is 1. The van der Waals surface area contributed by atoms with Crippen molar-refractivity contribution >= 4 is 39.9 Å². The van der Waals surface area contributed by atoms with Crippen molar-refractivity contribution in [3.8, 4) is 5.75 Å². The number of esters is 1. The fraction of sp³-hybridized carbons (Fsp3) is 0.100. The Balaban J connectivity index is 1.45. The van der Waals surface area contributed by atoms with E-state index in [1.54, 1.807) is 30.3 Å². The summed E-state index contributed by atoms with van der Waals surface area (Å²) in [5.74, 6) is -0.519. The van der Waals surface area contributed by atoms with E-state index in [0.29, 0.717) is 16.5 Å². The van der Waals surface area contributed by atoms with Crippen LogP contribution in [-0.2, 0) is 14.3 Å². The summed E-state index contributed by atoms with van der Waals surface area (Å²) in [5, 5.41) is 5.19. The molecule has 0 aromatic heterocycles. The van der Waals surface area contributed by atoms with Gasteiger partial charge in [0.05, 0.1) is 0 Å². The van der Waals surface area contributed by atoms with Gasteiger partial charge in [-0.2, -0.15) is 0 Å². The fourth-order valence-electron chi connectivity index (χ4n) is 2.35. The average molecular weight is 370 g/mol. The minimum Gasteiger partial charge on any atom is -0.482 e. The number of fused-ring (bicyclic) bond motifs is 1. The molecule has 0 radical (unpaired) electrons. The highest BCUT2D eigenvalue weighted by molar-refractivity contribution is 6.30. The maximum Gasteiger partial charge on any atom is 0.344 e. The van der Waals surface area contributed by atoms with Gasteiger partial charge in [0, 0.05) is 10.7 Å². The van der Waals surface area contributed by atoms with Crippen molar-refractivity contribution in [1.29, 1.82) is 0 Å². The topological polar surface area (TPSA) is 64.6 Å². The summed E-state index contributed by atoms with van der Waals surface area (Å²) in [6.45, 7) is -0.671. The Kier molecular flexibility index (Phi) is 5.71. The van der Waals surface area contributed by atoms with Crippen LogP contribution in [0, 0.1) is 0 Å². The summed E-state index contributed by atoms with van der Waals surface area (Å²) in [7, 11) is 0. The number of benzene rings is 3. The summed E-state index contributed by atoms with van der Waals surface area (Å²) in [5.41, 5.74) is 0.533. The molecule has 1 N–H and O–H groups in total. The second-order valence-corrected chi connectivity index (χ2v) is 5.95. The van der Waals surface area contributed by atoms with Crippen LogP contribution < -0.4 is 10.1 Å². The molecule has 26 heavy (non-hydrogen) atoms. The Bertz CT molecular complexity index is 942. The van der Waals surface area contributed by atoms with Gasteiger partial charge >= 0.3 is 5.97 Å². The van der Waals surface area contributed by atoms with Crippen molar-refractivity contribution in [1.82, 2.24) is 0 Å². The number of nitrogens with one attached hydrogen (secondary N) is 1. The quantitative estimate of drug-likeness (QED) is 0.666. The average Bonchev–Trinajstić information content (AvgIpc) is 2.64. The van der Waals surface area contributed by atoms with Gasteiger partial charge in [-0.25, -0.2) is 4.79 Å². The Morgan fingerprint density at radius 3 is 2.50 bits per heavy atom. The third kappa shape index (κ3) is 4.97. The first-order valence-electron chi connectivity index (χ1n) is 7.93. The van der Waals surface area contributed by atoms with Gasteiger partial charge in [0.1, 0.15) is 5.75 Å². The lowest BCUT2D eigenvalue weighted by Crippen LogP contribution is -2.23. The first kappa shape index (κ1) is 17.8. The smallest absolute Gasteiger partial charge is 0.344 e. The minimum absolute atomic E-state index is 0.275. The number of amides is 1. The number of carbonyl (C=O) groups excluding carboxylic acids is 2. The highest BCUT2D eigenvalue weighted by Crippen LogP contribution is 2.20. The van der Waals surface area contributed by atoms with Gasteiger partial charge in [-0.1, -0.05) is 48.0 Å². The molecule has 3 aromatic carbocycles. The largest absolute Gasteiger partial charge is 0.482 e. The van der Waals surface area contributed by atoms with Crippen LogP contribution in [0.1, 0.15) is 0 Å².